The molecule has 2 amide bonds. The van der Waals surface area contributed by atoms with Crippen LogP contribution >= 0.6 is 11.6 Å². The van der Waals surface area contributed by atoms with Gasteiger partial charge in [-0.15, -0.1) is 0 Å². The van der Waals surface area contributed by atoms with Gasteiger partial charge in [-0.25, -0.2) is 4.39 Å². The Hall–Kier alpha value is -2.64. The molecule has 32 heavy (non-hydrogen) atoms. The molecule has 0 atom stereocenters. The van der Waals surface area contributed by atoms with Gasteiger partial charge in [-0.3, -0.25) is 14.5 Å². The smallest absolute Gasteiger partial charge is 0.255 e. The van der Waals surface area contributed by atoms with Crippen molar-refractivity contribution in [1.82, 2.24) is 14.7 Å². The predicted octanol–water partition coefficient (Wildman–Crippen LogP) is 2.98. The van der Waals surface area contributed by atoms with E-state index in [2.05, 4.69) is 9.80 Å². The largest absolute Gasteiger partial charge is 0.368 e. The van der Waals surface area contributed by atoms with Gasteiger partial charge in [-0.1, -0.05) is 23.7 Å². The standard InChI is InChI=1S/C24H28ClFN4O2/c25-22-5-2-1-4-21(22)24(32)30-11-3-10-27(12-13-30)18-23(31)29-16-14-28(15-17-29)20-8-6-19(26)7-9-20/h1-2,4-9H,3,10-18H2. The highest BCUT2D eigenvalue weighted by Gasteiger charge is 2.26. The van der Waals surface area contributed by atoms with Gasteiger partial charge in [-0.2, -0.15) is 0 Å². The number of amides is 2. The predicted molar refractivity (Wildman–Crippen MR) is 124 cm³/mol. The molecule has 170 valence electrons. The van der Waals surface area contributed by atoms with Crippen LogP contribution in [0.5, 0.6) is 0 Å². The van der Waals surface area contributed by atoms with E-state index in [1.807, 2.05) is 21.9 Å². The lowest BCUT2D eigenvalue weighted by atomic mass is 10.2. The summed E-state index contributed by atoms with van der Waals surface area (Å²) in [5.74, 6) is -0.178. The second-order valence-electron chi connectivity index (χ2n) is 8.25. The minimum atomic E-state index is -0.243. The van der Waals surface area contributed by atoms with Crippen molar-refractivity contribution < 1.29 is 14.0 Å². The van der Waals surface area contributed by atoms with Gasteiger partial charge < -0.3 is 14.7 Å². The molecule has 0 spiro atoms. The molecule has 2 saturated heterocycles. The maximum atomic E-state index is 13.1. The number of rotatable bonds is 4. The molecule has 0 aromatic heterocycles. The Morgan fingerprint density at radius 3 is 2.22 bits per heavy atom. The van der Waals surface area contributed by atoms with Crippen LogP contribution in [0.25, 0.3) is 0 Å². The molecule has 6 nitrogen and oxygen atoms in total. The first kappa shape index (κ1) is 22.6. The molecule has 4 rings (SSSR count). The second kappa shape index (κ2) is 10.3. The SMILES string of the molecule is O=C(CN1CCCN(C(=O)c2ccccc2Cl)CC1)N1CCN(c2ccc(F)cc2)CC1. The van der Waals surface area contributed by atoms with E-state index in [-0.39, 0.29) is 17.6 Å². The monoisotopic (exact) mass is 458 g/mol. The molecule has 2 aliphatic heterocycles. The van der Waals surface area contributed by atoms with Crippen molar-refractivity contribution in [2.45, 2.75) is 6.42 Å². The summed E-state index contributed by atoms with van der Waals surface area (Å²) >= 11 is 6.19. The number of hydrogen-bond donors (Lipinski definition) is 0. The van der Waals surface area contributed by atoms with Crippen molar-refractivity contribution >= 4 is 29.1 Å². The summed E-state index contributed by atoms with van der Waals surface area (Å²) in [5.41, 5.74) is 1.51. The van der Waals surface area contributed by atoms with E-state index in [1.165, 1.54) is 12.1 Å². The number of anilines is 1. The summed E-state index contributed by atoms with van der Waals surface area (Å²) in [7, 11) is 0. The molecule has 2 aromatic rings. The van der Waals surface area contributed by atoms with E-state index < -0.39 is 0 Å². The van der Waals surface area contributed by atoms with Crippen LogP contribution < -0.4 is 4.90 Å². The van der Waals surface area contributed by atoms with Crippen molar-refractivity contribution in [1.29, 1.82) is 0 Å². The maximum Gasteiger partial charge on any atom is 0.255 e. The molecular weight excluding hydrogens is 431 g/mol. The molecule has 2 aromatic carbocycles. The molecule has 0 saturated carbocycles. The molecule has 0 aliphatic carbocycles. The van der Waals surface area contributed by atoms with E-state index in [0.29, 0.717) is 49.9 Å². The quantitative estimate of drug-likeness (QED) is 0.706. The molecule has 2 fully saturated rings. The number of piperazine rings is 1. The Morgan fingerprint density at radius 1 is 0.812 bits per heavy atom. The zero-order valence-corrected chi connectivity index (χ0v) is 18.8. The topological polar surface area (TPSA) is 47.1 Å². The van der Waals surface area contributed by atoms with E-state index in [0.717, 1.165) is 31.7 Å². The van der Waals surface area contributed by atoms with Crippen molar-refractivity contribution in [2.75, 3.05) is 63.8 Å². The van der Waals surface area contributed by atoms with Crippen LogP contribution in [0.15, 0.2) is 48.5 Å². The Bertz CT molecular complexity index is 947. The third kappa shape index (κ3) is 5.40. The summed E-state index contributed by atoms with van der Waals surface area (Å²) in [6.45, 7) is 5.83. The van der Waals surface area contributed by atoms with E-state index in [4.69, 9.17) is 11.6 Å². The lowest BCUT2D eigenvalue weighted by Crippen LogP contribution is -2.51. The Balaban J connectivity index is 1.26. The summed E-state index contributed by atoms with van der Waals surface area (Å²) in [4.78, 5) is 33.7. The number of hydrogen-bond acceptors (Lipinski definition) is 4. The lowest BCUT2D eigenvalue weighted by molar-refractivity contribution is -0.132. The molecule has 0 bridgehead atoms. The molecule has 2 heterocycles. The van der Waals surface area contributed by atoms with Gasteiger partial charge in [0.15, 0.2) is 0 Å². The Labute approximate surface area is 193 Å². The minimum Gasteiger partial charge on any atom is -0.368 e. The van der Waals surface area contributed by atoms with Crippen LogP contribution in [-0.4, -0.2) is 85.4 Å². The van der Waals surface area contributed by atoms with Crippen molar-refractivity contribution in [2.24, 2.45) is 0 Å². The first-order chi connectivity index (χ1) is 15.5. The third-order valence-corrected chi connectivity index (χ3v) is 6.49. The first-order valence-electron chi connectivity index (χ1n) is 11.1. The average Bonchev–Trinajstić information content (AvgIpc) is 3.05. The van der Waals surface area contributed by atoms with Crippen LogP contribution in [0.2, 0.25) is 5.02 Å². The van der Waals surface area contributed by atoms with E-state index >= 15 is 0 Å². The van der Waals surface area contributed by atoms with E-state index in [1.54, 1.807) is 24.3 Å². The fourth-order valence-corrected chi connectivity index (χ4v) is 4.51. The summed E-state index contributed by atoms with van der Waals surface area (Å²) < 4.78 is 13.1. The maximum absolute atomic E-state index is 13.1. The van der Waals surface area contributed by atoms with Crippen LogP contribution in [-0.2, 0) is 4.79 Å². The van der Waals surface area contributed by atoms with Crippen molar-refractivity contribution in [3.05, 3.63) is 64.9 Å². The molecular formula is C24H28ClFN4O2. The number of nitrogens with zero attached hydrogens (tertiary/aromatic N) is 4. The van der Waals surface area contributed by atoms with Gasteiger partial charge in [0, 0.05) is 58.0 Å². The fourth-order valence-electron chi connectivity index (χ4n) is 4.29. The van der Waals surface area contributed by atoms with Gasteiger partial charge in [0.25, 0.3) is 5.91 Å². The first-order valence-corrected chi connectivity index (χ1v) is 11.4. The highest BCUT2D eigenvalue weighted by molar-refractivity contribution is 6.33. The lowest BCUT2D eigenvalue weighted by Gasteiger charge is -2.37. The molecule has 0 radical (unpaired) electrons. The number of carbonyl (C=O) groups is 2. The zero-order chi connectivity index (χ0) is 22.5. The van der Waals surface area contributed by atoms with Gasteiger partial charge in [0.1, 0.15) is 5.82 Å². The van der Waals surface area contributed by atoms with Crippen LogP contribution in [0, 0.1) is 5.82 Å². The second-order valence-corrected chi connectivity index (χ2v) is 8.65. The van der Waals surface area contributed by atoms with Crippen LogP contribution in [0.4, 0.5) is 10.1 Å². The molecule has 0 N–H and O–H groups in total. The van der Waals surface area contributed by atoms with Crippen molar-refractivity contribution in [3.63, 3.8) is 0 Å². The number of benzene rings is 2. The summed E-state index contributed by atoms with van der Waals surface area (Å²) in [6.07, 6.45) is 0.821. The van der Waals surface area contributed by atoms with Gasteiger partial charge in [0.05, 0.1) is 17.1 Å². The van der Waals surface area contributed by atoms with Crippen LogP contribution in [0.3, 0.4) is 0 Å². The van der Waals surface area contributed by atoms with Crippen LogP contribution in [0.1, 0.15) is 16.8 Å². The zero-order valence-electron chi connectivity index (χ0n) is 18.1. The summed E-state index contributed by atoms with van der Waals surface area (Å²) in [6, 6.07) is 13.6. The van der Waals surface area contributed by atoms with Crippen molar-refractivity contribution in [3.8, 4) is 0 Å². The average molecular weight is 459 g/mol. The highest BCUT2D eigenvalue weighted by Crippen LogP contribution is 2.19. The van der Waals surface area contributed by atoms with Gasteiger partial charge >= 0.3 is 0 Å². The minimum absolute atomic E-state index is 0.0549. The molecule has 8 heteroatoms. The Kier molecular flexibility index (Phi) is 7.27. The fraction of sp³-hybridized carbons (Fsp3) is 0.417. The number of carbonyl (C=O) groups excluding carboxylic acids is 2. The summed E-state index contributed by atoms with van der Waals surface area (Å²) in [5, 5.41) is 0.466. The normalized spacial score (nSPS) is 17.9. The highest BCUT2D eigenvalue weighted by atomic mass is 35.5. The van der Waals surface area contributed by atoms with Gasteiger partial charge in [0.2, 0.25) is 5.91 Å². The molecule has 0 unspecified atom stereocenters. The third-order valence-electron chi connectivity index (χ3n) is 6.16. The molecule has 2 aliphatic rings. The number of halogens is 2. The van der Waals surface area contributed by atoms with Gasteiger partial charge in [-0.05, 0) is 42.8 Å². The Morgan fingerprint density at radius 2 is 1.50 bits per heavy atom. The van der Waals surface area contributed by atoms with E-state index in [9.17, 15) is 14.0 Å².